The van der Waals surface area contributed by atoms with Gasteiger partial charge in [-0.1, -0.05) is 6.08 Å². The first-order chi connectivity index (χ1) is 10.7. The maximum absolute atomic E-state index is 14.0. The third kappa shape index (κ3) is 3.71. The van der Waals surface area contributed by atoms with E-state index >= 15 is 0 Å². The maximum atomic E-state index is 14.0. The van der Waals surface area contributed by atoms with E-state index in [2.05, 4.69) is 5.32 Å². The zero-order valence-electron chi connectivity index (χ0n) is 14.3. The Kier molecular flexibility index (Phi) is 5.09. The van der Waals surface area contributed by atoms with Gasteiger partial charge in [0, 0.05) is 17.7 Å². The van der Waals surface area contributed by atoms with E-state index in [1.807, 2.05) is 27.7 Å². The summed E-state index contributed by atoms with van der Waals surface area (Å²) in [7, 11) is 1.24. The summed E-state index contributed by atoms with van der Waals surface area (Å²) in [4.78, 5) is 10.9. The third-order valence-electron chi connectivity index (χ3n) is 4.43. The number of hydrogen-bond acceptors (Lipinski definition) is 4. The number of nitrogens with one attached hydrogen (secondary N) is 1. The average molecular weight is 319 g/mol. The largest absolute Gasteiger partial charge is 0.491 e. The van der Waals surface area contributed by atoms with E-state index in [1.165, 1.54) is 18.2 Å². The molecule has 124 valence electrons. The molecule has 0 saturated carbocycles. The van der Waals surface area contributed by atoms with Crippen LogP contribution in [0.4, 0.5) is 4.39 Å². The Morgan fingerprint density at radius 1 is 1.26 bits per heavy atom. The van der Waals surface area contributed by atoms with Crippen molar-refractivity contribution in [1.82, 2.24) is 5.32 Å². The molecule has 1 aromatic carbocycles. The minimum Gasteiger partial charge on any atom is -0.400 e. The summed E-state index contributed by atoms with van der Waals surface area (Å²) in [6.07, 6.45) is 2.38. The molecule has 1 aliphatic rings. The van der Waals surface area contributed by atoms with Crippen LogP contribution in [0.3, 0.4) is 0 Å². The van der Waals surface area contributed by atoms with Crippen LogP contribution in [0.2, 0.25) is 0 Å². The van der Waals surface area contributed by atoms with Gasteiger partial charge in [0.2, 0.25) is 0 Å². The number of likely N-dealkylation sites (N-methyl/N-ethyl adjacent to an activating group) is 1. The van der Waals surface area contributed by atoms with Gasteiger partial charge in [-0.2, -0.15) is 0 Å². The summed E-state index contributed by atoms with van der Waals surface area (Å²) in [6.45, 7) is 8.37. The fraction of sp³-hybridized carbons (Fsp3) is 0.471. The molecule has 1 aliphatic heterocycles. The molecule has 1 heterocycles. The first kappa shape index (κ1) is 17.9. The SMILES string of the molecule is CNCC(=Cc1cc(C=O)ccc1F)B1OC(C)(C)C(C)(C)O1. The number of carbonyl (C=O) groups excluding carboxylic acids is 1. The van der Waals surface area contributed by atoms with Crippen molar-refractivity contribution in [2.24, 2.45) is 0 Å². The van der Waals surface area contributed by atoms with E-state index in [0.717, 1.165) is 5.47 Å². The summed E-state index contributed by atoms with van der Waals surface area (Å²) in [5.41, 5.74) is 0.611. The Balaban J connectivity index is 2.38. The average Bonchev–Trinajstić information content (AvgIpc) is 2.69. The fourth-order valence-corrected chi connectivity index (χ4v) is 2.35. The Labute approximate surface area is 137 Å². The Morgan fingerprint density at radius 2 is 1.87 bits per heavy atom. The van der Waals surface area contributed by atoms with Crippen molar-refractivity contribution in [3.05, 3.63) is 40.6 Å². The molecule has 0 aliphatic carbocycles. The molecule has 1 fully saturated rings. The summed E-state index contributed by atoms with van der Waals surface area (Å²) in [6, 6.07) is 4.26. The van der Waals surface area contributed by atoms with Crippen LogP contribution in [-0.4, -0.2) is 38.2 Å². The highest BCUT2D eigenvalue weighted by Crippen LogP contribution is 2.38. The number of aldehydes is 1. The third-order valence-corrected chi connectivity index (χ3v) is 4.43. The van der Waals surface area contributed by atoms with Crippen LogP contribution in [-0.2, 0) is 9.31 Å². The lowest BCUT2D eigenvalue weighted by atomic mass is 9.77. The highest BCUT2D eigenvalue weighted by Gasteiger charge is 2.52. The predicted octanol–water partition coefficient (Wildman–Crippen LogP) is 2.87. The molecule has 23 heavy (non-hydrogen) atoms. The predicted molar refractivity (Wildman–Crippen MR) is 89.8 cm³/mol. The maximum Gasteiger partial charge on any atom is 0.491 e. The van der Waals surface area contributed by atoms with Crippen LogP contribution < -0.4 is 5.32 Å². The quantitative estimate of drug-likeness (QED) is 0.670. The van der Waals surface area contributed by atoms with Crippen molar-refractivity contribution in [2.75, 3.05) is 13.6 Å². The topological polar surface area (TPSA) is 47.6 Å². The summed E-state index contributed by atoms with van der Waals surface area (Å²) >= 11 is 0. The molecular weight excluding hydrogens is 296 g/mol. The van der Waals surface area contributed by atoms with Crippen molar-refractivity contribution in [3.8, 4) is 0 Å². The van der Waals surface area contributed by atoms with E-state index < -0.39 is 18.3 Å². The van der Waals surface area contributed by atoms with Crippen molar-refractivity contribution in [3.63, 3.8) is 0 Å². The van der Waals surface area contributed by atoms with Gasteiger partial charge in [-0.3, -0.25) is 4.79 Å². The molecule has 0 spiro atoms. The van der Waals surface area contributed by atoms with Crippen molar-refractivity contribution in [2.45, 2.75) is 38.9 Å². The number of benzene rings is 1. The van der Waals surface area contributed by atoms with E-state index in [-0.39, 0.29) is 5.82 Å². The molecular formula is C17H23BFNO3. The number of rotatable bonds is 5. The highest BCUT2D eigenvalue weighted by atomic mass is 19.1. The first-order valence-electron chi connectivity index (χ1n) is 7.65. The second kappa shape index (κ2) is 6.55. The zero-order chi connectivity index (χ0) is 17.3. The van der Waals surface area contributed by atoms with Gasteiger partial charge in [-0.25, -0.2) is 4.39 Å². The first-order valence-corrected chi connectivity index (χ1v) is 7.65. The van der Waals surface area contributed by atoms with Gasteiger partial charge in [0.25, 0.3) is 0 Å². The number of halogens is 1. The van der Waals surface area contributed by atoms with Gasteiger partial charge < -0.3 is 14.6 Å². The van der Waals surface area contributed by atoms with Crippen LogP contribution >= 0.6 is 0 Å². The molecule has 6 heteroatoms. The van der Waals surface area contributed by atoms with Crippen LogP contribution in [0.5, 0.6) is 0 Å². The van der Waals surface area contributed by atoms with Gasteiger partial charge in [0.1, 0.15) is 12.1 Å². The van der Waals surface area contributed by atoms with Crippen LogP contribution in [0, 0.1) is 5.82 Å². The van der Waals surface area contributed by atoms with Crippen LogP contribution in [0.1, 0.15) is 43.6 Å². The lowest BCUT2D eigenvalue weighted by Gasteiger charge is -2.32. The molecule has 0 atom stereocenters. The Hall–Kier alpha value is -1.50. The molecule has 1 aromatic rings. The van der Waals surface area contributed by atoms with Gasteiger partial charge in [-0.05, 0) is 58.4 Å². The van der Waals surface area contributed by atoms with Crippen molar-refractivity contribution < 1.29 is 18.5 Å². The fourth-order valence-electron chi connectivity index (χ4n) is 2.35. The van der Waals surface area contributed by atoms with Gasteiger partial charge in [-0.15, -0.1) is 0 Å². The molecule has 0 bridgehead atoms. The zero-order valence-corrected chi connectivity index (χ0v) is 14.3. The molecule has 0 radical (unpaired) electrons. The molecule has 1 N–H and O–H groups in total. The Morgan fingerprint density at radius 3 is 2.39 bits per heavy atom. The minimum atomic E-state index is -0.563. The molecule has 0 aromatic heterocycles. The monoisotopic (exact) mass is 319 g/mol. The van der Waals surface area contributed by atoms with Gasteiger partial charge in [0.05, 0.1) is 11.2 Å². The van der Waals surface area contributed by atoms with Crippen LogP contribution in [0.25, 0.3) is 6.08 Å². The molecule has 0 amide bonds. The highest BCUT2D eigenvalue weighted by molar-refractivity contribution is 6.55. The van der Waals surface area contributed by atoms with Crippen LogP contribution in [0.15, 0.2) is 23.7 Å². The van der Waals surface area contributed by atoms with E-state index in [4.69, 9.17) is 9.31 Å². The van der Waals surface area contributed by atoms with Gasteiger partial charge in [0.15, 0.2) is 0 Å². The minimum absolute atomic E-state index is 0.342. The smallest absolute Gasteiger partial charge is 0.400 e. The summed E-state index contributed by atoms with van der Waals surface area (Å²) < 4.78 is 26.1. The standard InChI is InChI=1S/C17H23BFNO3/c1-16(2)17(3,4)23-18(22-16)14(10-20-5)9-13-8-12(11-21)6-7-15(13)19/h6-9,11,20H,10H2,1-5H3. The summed E-state index contributed by atoms with van der Waals surface area (Å²) in [5, 5.41) is 3.05. The second-order valence-electron chi connectivity index (χ2n) is 6.74. The van der Waals surface area contributed by atoms with Crippen molar-refractivity contribution >= 4 is 19.5 Å². The molecule has 2 rings (SSSR count). The number of hydrogen-bond donors (Lipinski definition) is 1. The lowest BCUT2D eigenvalue weighted by molar-refractivity contribution is 0.00578. The van der Waals surface area contributed by atoms with E-state index in [9.17, 15) is 9.18 Å². The number of carbonyl (C=O) groups is 1. The summed E-state index contributed by atoms with van der Waals surface area (Å²) in [5.74, 6) is -0.388. The molecule has 0 unspecified atom stereocenters. The van der Waals surface area contributed by atoms with Gasteiger partial charge >= 0.3 is 7.12 Å². The molecule has 1 saturated heterocycles. The normalized spacial score (nSPS) is 19.9. The Bertz CT molecular complexity index is 612. The van der Waals surface area contributed by atoms with E-state index in [1.54, 1.807) is 13.1 Å². The van der Waals surface area contributed by atoms with Crippen molar-refractivity contribution in [1.29, 1.82) is 0 Å². The molecule has 4 nitrogen and oxygen atoms in total. The second-order valence-corrected chi connectivity index (χ2v) is 6.74. The lowest BCUT2D eigenvalue weighted by Crippen LogP contribution is -2.41. The van der Waals surface area contributed by atoms with E-state index in [0.29, 0.717) is 24.0 Å².